The molecule has 184 valence electrons. The number of fused-ring (bicyclic) bond motifs is 1. The second-order valence-electron chi connectivity index (χ2n) is 9.86. The summed E-state index contributed by atoms with van der Waals surface area (Å²) in [6, 6.07) is 7.04. The van der Waals surface area contributed by atoms with Crippen molar-refractivity contribution in [1.82, 2.24) is 14.9 Å². The fraction of sp³-hybridized carbons (Fsp3) is 0.542. The first-order chi connectivity index (χ1) is 15.9. The number of likely N-dealkylation sites (tertiary alicyclic amines) is 1. The van der Waals surface area contributed by atoms with E-state index in [1.54, 1.807) is 17.0 Å². The topological polar surface area (TPSA) is 102 Å². The number of carbonyl (C=O) groups is 1. The molecule has 34 heavy (non-hydrogen) atoms. The molecule has 1 aromatic heterocycles. The monoisotopic (exact) mass is 488 g/mol. The Morgan fingerprint density at radius 2 is 1.79 bits per heavy atom. The molecule has 0 aliphatic carbocycles. The normalized spacial score (nSPS) is 17.0. The third-order valence-corrected chi connectivity index (χ3v) is 6.94. The molecule has 0 spiro atoms. The summed E-state index contributed by atoms with van der Waals surface area (Å²) in [5, 5.41) is 0. The van der Waals surface area contributed by atoms with Gasteiger partial charge in [-0.25, -0.2) is 18.2 Å². The van der Waals surface area contributed by atoms with Gasteiger partial charge >= 0.3 is 6.09 Å². The molecule has 0 radical (unpaired) electrons. The number of rotatable bonds is 4. The second kappa shape index (κ2) is 9.05. The van der Waals surface area contributed by atoms with Gasteiger partial charge in [-0.1, -0.05) is 0 Å². The van der Waals surface area contributed by atoms with Crippen molar-refractivity contribution in [3.8, 4) is 5.88 Å². The lowest BCUT2D eigenvalue weighted by Gasteiger charge is -2.33. The molecule has 3 heterocycles. The van der Waals surface area contributed by atoms with Crippen LogP contribution >= 0.6 is 0 Å². The van der Waals surface area contributed by atoms with E-state index < -0.39 is 15.4 Å². The predicted molar refractivity (Wildman–Crippen MR) is 128 cm³/mol. The fourth-order valence-corrected chi connectivity index (χ4v) is 4.90. The average Bonchev–Trinajstić information content (AvgIpc) is 3.15. The average molecular weight is 489 g/mol. The van der Waals surface area contributed by atoms with Crippen molar-refractivity contribution in [1.29, 1.82) is 0 Å². The number of aryl methyl sites for hydroxylation is 1. The van der Waals surface area contributed by atoms with Crippen LogP contribution in [0.3, 0.4) is 0 Å². The SMILES string of the molecule is Cc1nc(OC2CCN(C(=O)OC(C)(C)C)CC2)cc(N2CCc3cc(S(C)(=O)=O)ccc32)n1. The minimum atomic E-state index is -3.25. The lowest BCUT2D eigenvalue weighted by atomic mass is 10.1. The molecule has 0 atom stereocenters. The van der Waals surface area contributed by atoms with Gasteiger partial charge in [-0.2, -0.15) is 4.98 Å². The van der Waals surface area contributed by atoms with E-state index >= 15 is 0 Å². The molecule has 1 fully saturated rings. The van der Waals surface area contributed by atoms with Crippen LogP contribution in [0, 0.1) is 6.92 Å². The van der Waals surface area contributed by atoms with Crippen molar-refractivity contribution in [2.24, 2.45) is 0 Å². The number of piperidine rings is 1. The van der Waals surface area contributed by atoms with Crippen molar-refractivity contribution in [3.63, 3.8) is 0 Å². The maximum Gasteiger partial charge on any atom is 0.410 e. The Bertz CT molecular complexity index is 1180. The Morgan fingerprint density at radius 1 is 1.09 bits per heavy atom. The molecular formula is C24H32N4O5S. The molecule has 0 unspecified atom stereocenters. The number of sulfone groups is 1. The molecule has 2 aliphatic rings. The number of nitrogens with zero attached hydrogens (tertiary/aromatic N) is 4. The van der Waals surface area contributed by atoms with Crippen molar-refractivity contribution in [3.05, 3.63) is 35.7 Å². The number of aromatic nitrogens is 2. The zero-order valence-corrected chi connectivity index (χ0v) is 21.2. The van der Waals surface area contributed by atoms with Gasteiger partial charge < -0.3 is 19.3 Å². The van der Waals surface area contributed by atoms with Crippen LogP contribution in [-0.2, 0) is 21.0 Å². The second-order valence-corrected chi connectivity index (χ2v) is 11.9. The summed E-state index contributed by atoms with van der Waals surface area (Å²) in [5.41, 5.74) is 1.41. The van der Waals surface area contributed by atoms with Crippen LogP contribution in [0.15, 0.2) is 29.2 Å². The molecule has 0 bridgehead atoms. The molecule has 0 saturated carbocycles. The summed E-state index contributed by atoms with van der Waals surface area (Å²) in [6.07, 6.45) is 3.00. The van der Waals surface area contributed by atoms with E-state index in [-0.39, 0.29) is 12.2 Å². The van der Waals surface area contributed by atoms with Crippen LogP contribution in [0.25, 0.3) is 0 Å². The molecular weight excluding hydrogens is 456 g/mol. The molecule has 4 rings (SSSR count). The summed E-state index contributed by atoms with van der Waals surface area (Å²) in [6.45, 7) is 9.24. The quantitative estimate of drug-likeness (QED) is 0.643. The van der Waals surface area contributed by atoms with Crippen LogP contribution in [0.2, 0.25) is 0 Å². The van der Waals surface area contributed by atoms with Crippen molar-refractivity contribution in [2.75, 3.05) is 30.8 Å². The number of benzene rings is 1. The highest BCUT2D eigenvalue weighted by Gasteiger charge is 2.29. The third-order valence-electron chi connectivity index (χ3n) is 5.83. The van der Waals surface area contributed by atoms with E-state index in [0.29, 0.717) is 49.1 Å². The number of amides is 1. The summed E-state index contributed by atoms with van der Waals surface area (Å²) >= 11 is 0. The fourth-order valence-electron chi connectivity index (χ4n) is 4.22. The molecule has 0 N–H and O–H groups in total. The lowest BCUT2D eigenvalue weighted by Crippen LogP contribution is -2.44. The highest BCUT2D eigenvalue weighted by molar-refractivity contribution is 7.90. The minimum Gasteiger partial charge on any atom is -0.474 e. The Hall–Kier alpha value is -2.88. The Morgan fingerprint density at radius 3 is 2.44 bits per heavy atom. The van der Waals surface area contributed by atoms with Crippen molar-refractivity contribution in [2.45, 2.75) is 63.6 Å². The molecule has 2 aromatic rings. The smallest absolute Gasteiger partial charge is 0.410 e. The van der Waals surface area contributed by atoms with Gasteiger partial charge in [0.2, 0.25) is 5.88 Å². The van der Waals surface area contributed by atoms with E-state index in [1.807, 2.05) is 39.8 Å². The van der Waals surface area contributed by atoms with E-state index in [2.05, 4.69) is 14.9 Å². The minimum absolute atomic E-state index is 0.0518. The first-order valence-corrected chi connectivity index (χ1v) is 13.4. The Kier molecular flexibility index (Phi) is 6.46. The van der Waals surface area contributed by atoms with Crippen molar-refractivity contribution >= 4 is 27.4 Å². The largest absolute Gasteiger partial charge is 0.474 e. The van der Waals surface area contributed by atoms with E-state index in [1.165, 1.54) is 6.26 Å². The van der Waals surface area contributed by atoms with Crippen molar-refractivity contribution < 1.29 is 22.7 Å². The first kappa shape index (κ1) is 24.3. The maximum absolute atomic E-state index is 12.3. The summed E-state index contributed by atoms with van der Waals surface area (Å²) in [5.74, 6) is 1.82. The van der Waals surface area contributed by atoms with Gasteiger partial charge in [-0.15, -0.1) is 0 Å². The third kappa shape index (κ3) is 5.60. The Balaban J connectivity index is 1.44. The molecule has 1 saturated heterocycles. The zero-order valence-electron chi connectivity index (χ0n) is 20.4. The predicted octanol–water partition coefficient (Wildman–Crippen LogP) is 3.66. The maximum atomic E-state index is 12.3. The first-order valence-electron chi connectivity index (χ1n) is 11.5. The van der Waals surface area contributed by atoms with Gasteiger partial charge in [0.25, 0.3) is 0 Å². The van der Waals surface area contributed by atoms with E-state index in [0.717, 1.165) is 23.5 Å². The summed E-state index contributed by atoms with van der Waals surface area (Å²) in [7, 11) is -3.25. The van der Waals surface area contributed by atoms with Crippen LogP contribution in [0.1, 0.15) is 45.0 Å². The van der Waals surface area contributed by atoms with Gasteiger partial charge in [0.1, 0.15) is 23.3 Å². The zero-order chi connectivity index (χ0) is 24.7. The van der Waals surface area contributed by atoms with Crippen LogP contribution in [0.4, 0.5) is 16.3 Å². The van der Waals surface area contributed by atoms with Crippen LogP contribution in [0.5, 0.6) is 5.88 Å². The van der Waals surface area contributed by atoms with E-state index in [4.69, 9.17) is 9.47 Å². The Labute approximate surface area is 201 Å². The highest BCUT2D eigenvalue weighted by Crippen LogP contribution is 2.36. The molecule has 1 amide bonds. The number of anilines is 2. The van der Waals surface area contributed by atoms with E-state index in [9.17, 15) is 13.2 Å². The van der Waals surface area contributed by atoms with Crippen LogP contribution in [-0.4, -0.2) is 67.0 Å². The van der Waals surface area contributed by atoms with Gasteiger partial charge in [-0.3, -0.25) is 0 Å². The van der Waals surface area contributed by atoms with Gasteiger partial charge in [0.05, 0.1) is 4.90 Å². The van der Waals surface area contributed by atoms with Crippen LogP contribution < -0.4 is 9.64 Å². The summed E-state index contributed by atoms with van der Waals surface area (Å²) in [4.78, 5) is 25.5. The van der Waals surface area contributed by atoms with Gasteiger partial charge in [0, 0.05) is 50.5 Å². The number of carbonyl (C=O) groups excluding carboxylic acids is 1. The number of hydrogen-bond donors (Lipinski definition) is 0. The standard InChI is InChI=1S/C24H32N4O5S/c1-16-25-21(28-13-8-17-14-19(34(5,30)31)6-7-20(17)28)15-22(26-16)32-18-9-11-27(12-10-18)23(29)33-24(2,3)4/h6-7,14-15,18H,8-13H2,1-5H3. The number of hydrogen-bond acceptors (Lipinski definition) is 8. The molecule has 10 heteroatoms. The molecule has 1 aromatic carbocycles. The van der Waals surface area contributed by atoms with Gasteiger partial charge in [-0.05, 0) is 57.9 Å². The number of ether oxygens (including phenoxy) is 2. The lowest BCUT2D eigenvalue weighted by molar-refractivity contribution is 0.0123. The van der Waals surface area contributed by atoms with Gasteiger partial charge in [0.15, 0.2) is 9.84 Å². The summed E-state index contributed by atoms with van der Waals surface area (Å²) < 4.78 is 35.4. The molecule has 2 aliphatic heterocycles. The highest BCUT2D eigenvalue weighted by atomic mass is 32.2. The molecule has 9 nitrogen and oxygen atoms in total.